The van der Waals surface area contributed by atoms with Crippen LogP contribution in [0.4, 0.5) is 5.82 Å². The summed E-state index contributed by atoms with van der Waals surface area (Å²) in [6.45, 7) is 4.29. The SMILES string of the molecule is CC(C(=O)Nc1ccc(Cl)cn1)N1CCN(C(=O)Cc2ccccc2Cl)CC1. The van der Waals surface area contributed by atoms with Gasteiger partial charge in [-0.2, -0.15) is 0 Å². The molecule has 148 valence electrons. The number of halogens is 2. The van der Waals surface area contributed by atoms with Crippen molar-refractivity contribution in [1.29, 1.82) is 0 Å². The topological polar surface area (TPSA) is 65.5 Å². The summed E-state index contributed by atoms with van der Waals surface area (Å²) in [5, 5.41) is 3.92. The molecule has 1 aliphatic rings. The van der Waals surface area contributed by atoms with Gasteiger partial charge >= 0.3 is 0 Å². The second kappa shape index (κ2) is 9.37. The molecule has 1 aliphatic heterocycles. The van der Waals surface area contributed by atoms with Crippen LogP contribution >= 0.6 is 23.2 Å². The Morgan fingerprint density at radius 2 is 1.82 bits per heavy atom. The van der Waals surface area contributed by atoms with Crippen LogP contribution in [0, 0.1) is 0 Å². The minimum absolute atomic E-state index is 0.0511. The zero-order valence-electron chi connectivity index (χ0n) is 15.6. The number of pyridine rings is 1. The Balaban J connectivity index is 1.50. The van der Waals surface area contributed by atoms with Crippen LogP contribution in [0.3, 0.4) is 0 Å². The molecule has 6 nitrogen and oxygen atoms in total. The van der Waals surface area contributed by atoms with Gasteiger partial charge in [0.15, 0.2) is 0 Å². The predicted octanol–water partition coefficient (Wildman–Crippen LogP) is 3.10. The summed E-state index contributed by atoms with van der Waals surface area (Å²) in [7, 11) is 0. The number of hydrogen-bond donors (Lipinski definition) is 1. The number of anilines is 1. The van der Waals surface area contributed by atoms with Crippen LogP contribution in [0.1, 0.15) is 12.5 Å². The van der Waals surface area contributed by atoms with Gasteiger partial charge in [-0.05, 0) is 30.7 Å². The van der Waals surface area contributed by atoms with Crippen LogP contribution in [-0.4, -0.2) is 58.8 Å². The van der Waals surface area contributed by atoms with Crippen molar-refractivity contribution in [3.63, 3.8) is 0 Å². The Labute approximate surface area is 174 Å². The average Bonchev–Trinajstić information content (AvgIpc) is 2.71. The molecule has 0 spiro atoms. The first-order valence-electron chi connectivity index (χ1n) is 9.11. The van der Waals surface area contributed by atoms with Gasteiger partial charge in [0.05, 0.1) is 17.5 Å². The third-order valence-corrected chi connectivity index (χ3v) is 5.46. The third kappa shape index (κ3) is 5.22. The lowest BCUT2D eigenvalue weighted by Crippen LogP contribution is -2.54. The zero-order chi connectivity index (χ0) is 20.1. The van der Waals surface area contributed by atoms with Crippen molar-refractivity contribution in [3.05, 3.63) is 58.2 Å². The van der Waals surface area contributed by atoms with Crippen molar-refractivity contribution in [2.24, 2.45) is 0 Å². The van der Waals surface area contributed by atoms with Crippen LogP contribution < -0.4 is 5.32 Å². The van der Waals surface area contributed by atoms with Crippen molar-refractivity contribution < 1.29 is 9.59 Å². The molecule has 28 heavy (non-hydrogen) atoms. The minimum Gasteiger partial charge on any atom is -0.340 e. The largest absolute Gasteiger partial charge is 0.340 e. The molecule has 0 radical (unpaired) electrons. The van der Waals surface area contributed by atoms with Gasteiger partial charge in [0.1, 0.15) is 5.82 Å². The maximum Gasteiger partial charge on any atom is 0.242 e. The fourth-order valence-electron chi connectivity index (χ4n) is 3.12. The standard InChI is InChI=1S/C20H22Cl2N4O2/c1-14(20(28)24-18-7-6-16(21)13-23-18)25-8-10-26(11-9-25)19(27)12-15-4-2-3-5-17(15)22/h2-7,13-14H,8-12H2,1H3,(H,23,24,28). The first-order valence-corrected chi connectivity index (χ1v) is 9.87. The smallest absolute Gasteiger partial charge is 0.242 e. The number of carbonyl (C=O) groups excluding carboxylic acids is 2. The summed E-state index contributed by atoms with van der Waals surface area (Å²) in [6, 6.07) is 10.4. The number of carbonyl (C=O) groups is 2. The number of hydrogen-bond acceptors (Lipinski definition) is 4. The molecule has 2 amide bonds. The molecule has 0 aliphatic carbocycles. The van der Waals surface area contributed by atoms with Crippen molar-refractivity contribution in [2.75, 3.05) is 31.5 Å². The molecule has 1 saturated heterocycles. The fourth-order valence-corrected chi connectivity index (χ4v) is 3.44. The normalized spacial score (nSPS) is 15.9. The molecule has 2 aromatic rings. The number of amides is 2. The molecule has 2 heterocycles. The molecule has 1 fully saturated rings. The van der Waals surface area contributed by atoms with E-state index in [1.165, 1.54) is 6.20 Å². The number of rotatable bonds is 5. The van der Waals surface area contributed by atoms with E-state index >= 15 is 0 Å². The van der Waals surface area contributed by atoms with Gasteiger partial charge in [-0.1, -0.05) is 41.4 Å². The van der Waals surface area contributed by atoms with Crippen LogP contribution in [0.15, 0.2) is 42.6 Å². The van der Waals surface area contributed by atoms with Crippen LogP contribution in [-0.2, 0) is 16.0 Å². The number of nitrogens with one attached hydrogen (secondary N) is 1. The second-order valence-corrected chi connectivity index (χ2v) is 7.56. The van der Waals surface area contributed by atoms with Crippen LogP contribution in [0.25, 0.3) is 0 Å². The summed E-state index contributed by atoms with van der Waals surface area (Å²) in [4.78, 5) is 33.0. The second-order valence-electron chi connectivity index (χ2n) is 6.71. The Kier molecular flexibility index (Phi) is 6.88. The molecular formula is C20H22Cl2N4O2. The quantitative estimate of drug-likeness (QED) is 0.806. The highest BCUT2D eigenvalue weighted by molar-refractivity contribution is 6.31. The van der Waals surface area contributed by atoms with Gasteiger partial charge in [-0.15, -0.1) is 0 Å². The average molecular weight is 421 g/mol. The van der Waals surface area contributed by atoms with Crippen molar-refractivity contribution >= 4 is 40.8 Å². The summed E-state index contributed by atoms with van der Waals surface area (Å²) < 4.78 is 0. The molecular weight excluding hydrogens is 399 g/mol. The maximum absolute atomic E-state index is 12.5. The molecule has 1 N–H and O–H groups in total. The van der Waals surface area contributed by atoms with E-state index in [2.05, 4.69) is 15.2 Å². The lowest BCUT2D eigenvalue weighted by molar-refractivity contribution is -0.133. The highest BCUT2D eigenvalue weighted by Gasteiger charge is 2.27. The summed E-state index contributed by atoms with van der Waals surface area (Å²) in [5.74, 6) is 0.385. The van der Waals surface area contributed by atoms with Gasteiger partial charge in [0, 0.05) is 37.4 Å². The highest BCUT2D eigenvalue weighted by atomic mass is 35.5. The van der Waals surface area contributed by atoms with E-state index in [4.69, 9.17) is 23.2 Å². The molecule has 0 bridgehead atoms. The van der Waals surface area contributed by atoms with Gasteiger partial charge in [-0.3, -0.25) is 14.5 Å². The number of nitrogens with zero attached hydrogens (tertiary/aromatic N) is 3. The molecule has 3 rings (SSSR count). The van der Waals surface area contributed by atoms with E-state index in [0.717, 1.165) is 5.56 Å². The van der Waals surface area contributed by atoms with Gasteiger partial charge in [0.25, 0.3) is 0 Å². The Morgan fingerprint density at radius 3 is 2.46 bits per heavy atom. The van der Waals surface area contributed by atoms with Crippen LogP contribution in [0.5, 0.6) is 0 Å². The van der Waals surface area contributed by atoms with Crippen molar-refractivity contribution in [2.45, 2.75) is 19.4 Å². The van der Waals surface area contributed by atoms with E-state index in [0.29, 0.717) is 42.0 Å². The number of aromatic nitrogens is 1. The zero-order valence-corrected chi connectivity index (χ0v) is 17.1. The fraction of sp³-hybridized carbons (Fsp3) is 0.350. The maximum atomic E-state index is 12.5. The molecule has 8 heteroatoms. The molecule has 1 aromatic carbocycles. The van der Waals surface area contributed by atoms with E-state index in [-0.39, 0.29) is 24.3 Å². The lowest BCUT2D eigenvalue weighted by Gasteiger charge is -2.37. The minimum atomic E-state index is -0.321. The third-order valence-electron chi connectivity index (χ3n) is 4.87. The van der Waals surface area contributed by atoms with Gasteiger partial charge in [-0.25, -0.2) is 4.98 Å². The van der Waals surface area contributed by atoms with E-state index in [9.17, 15) is 9.59 Å². The first kappa shape index (κ1) is 20.6. The van der Waals surface area contributed by atoms with Crippen molar-refractivity contribution in [3.8, 4) is 0 Å². The molecule has 1 unspecified atom stereocenters. The van der Waals surface area contributed by atoms with Crippen LogP contribution in [0.2, 0.25) is 10.0 Å². The predicted molar refractivity (Wildman–Crippen MR) is 111 cm³/mol. The number of benzene rings is 1. The Morgan fingerprint density at radius 1 is 1.11 bits per heavy atom. The first-order chi connectivity index (χ1) is 13.4. The van der Waals surface area contributed by atoms with Gasteiger partial charge < -0.3 is 10.2 Å². The van der Waals surface area contributed by atoms with E-state index in [1.54, 1.807) is 18.2 Å². The molecule has 0 saturated carbocycles. The Bertz CT molecular complexity index is 836. The summed E-state index contributed by atoms with van der Waals surface area (Å²) in [6.07, 6.45) is 1.78. The lowest BCUT2D eigenvalue weighted by atomic mass is 10.1. The Hall–Kier alpha value is -2.15. The summed E-state index contributed by atoms with van der Waals surface area (Å²) >= 11 is 12.0. The monoisotopic (exact) mass is 420 g/mol. The highest BCUT2D eigenvalue weighted by Crippen LogP contribution is 2.17. The van der Waals surface area contributed by atoms with Gasteiger partial charge in [0.2, 0.25) is 11.8 Å². The molecule has 1 aromatic heterocycles. The van der Waals surface area contributed by atoms with Crippen molar-refractivity contribution in [1.82, 2.24) is 14.8 Å². The van der Waals surface area contributed by atoms with E-state index in [1.807, 2.05) is 30.0 Å². The van der Waals surface area contributed by atoms with E-state index < -0.39 is 0 Å². The molecule has 1 atom stereocenters. The number of piperazine rings is 1. The summed E-state index contributed by atoms with van der Waals surface area (Å²) in [5.41, 5.74) is 0.833.